The SMILES string of the molecule is CC(C)CC(C(=O)c1nnc(SCCN(C)c2ccccc2)o1)N(C=O)C1CCCCC1. The van der Waals surface area contributed by atoms with Crippen molar-refractivity contribution in [1.82, 2.24) is 15.1 Å². The number of anilines is 1. The summed E-state index contributed by atoms with van der Waals surface area (Å²) in [6, 6.07) is 9.70. The molecular weight excluding hydrogens is 424 g/mol. The van der Waals surface area contributed by atoms with E-state index in [1.54, 1.807) is 4.90 Å². The van der Waals surface area contributed by atoms with Gasteiger partial charge in [0.25, 0.3) is 11.1 Å². The Morgan fingerprint density at radius 2 is 1.91 bits per heavy atom. The minimum atomic E-state index is -0.557. The first-order valence-corrected chi connectivity index (χ1v) is 12.5. The number of benzene rings is 1. The van der Waals surface area contributed by atoms with Crippen LogP contribution in [-0.2, 0) is 4.79 Å². The van der Waals surface area contributed by atoms with Crippen LogP contribution in [0.1, 0.15) is 63.1 Å². The molecule has 1 fully saturated rings. The molecule has 0 saturated heterocycles. The van der Waals surface area contributed by atoms with E-state index in [4.69, 9.17) is 4.42 Å². The van der Waals surface area contributed by atoms with Gasteiger partial charge in [0, 0.05) is 31.1 Å². The van der Waals surface area contributed by atoms with Crippen molar-refractivity contribution in [2.75, 3.05) is 24.2 Å². The maximum atomic E-state index is 13.3. The standard InChI is InChI=1S/C24H34N4O3S/c1-18(2)16-21(28(17-29)20-12-8-5-9-13-20)22(30)23-25-26-24(31-23)32-15-14-27(3)19-10-6-4-7-11-19/h4,6-7,10-11,17-18,20-21H,5,8-9,12-16H2,1-3H3. The molecule has 1 aliphatic rings. The molecule has 0 spiro atoms. The van der Waals surface area contributed by atoms with Crippen molar-refractivity contribution in [2.45, 2.75) is 69.7 Å². The highest BCUT2D eigenvalue weighted by Gasteiger charge is 2.35. The molecule has 1 saturated carbocycles. The van der Waals surface area contributed by atoms with Crippen molar-refractivity contribution in [1.29, 1.82) is 0 Å². The highest BCUT2D eigenvalue weighted by molar-refractivity contribution is 7.99. The molecule has 1 amide bonds. The first-order chi connectivity index (χ1) is 15.5. The van der Waals surface area contributed by atoms with E-state index in [9.17, 15) is 9.59 Å². The van der Waals surface area contributed by atoms with Crippen molar-refractivity contribution in [3.05, 3.63) is 36.2 Å². The third kappa shape index (κ3) is 6.58. The second-order valence-corrected chi connectivity index (χ2v) is 9.88. The van der Waals surface area contributed by atoms with Crippen LogP contribution < -0.4 is 4.90 Å². The van der Waals surface area contributed by atoms with Crippen molar-refractivity contribution >= 4 is 29.6 Å². The Labute approximate surface area is 194 Å². The van der Waals surface area contributed by atoms with E-state index in [0.717, 1.165) is 50.1 Å². The molecule has 32 heavy (non-hydrogen) atoms. The summed E-state index contributed by atoms with van der Waals surface area (Å²) in [4.78, 5) is 29.1. The van der Waals surface area contributed by atoms with Gasteiger partial charge < -0.3 is 14.2 Å². The van der Waals surface area contributed by atoms with Crippen LogP contribution in [0.15, 0.2) is 40.0 Å². The fourth-order valence-corrected chi connectivity index (χ4v) is 4.97. The second kappa shape index (κ2) is 12.0. The van der Waals surface area contributed by atoms with Gasteiger partial charge in [-0.25, -0.2) is 0 Å². The highest BCUT2D eigenvalue weighted by atomic mass is 32.2. The number of amides is 1. The van der Waals surface area contributed by atoms with Gasteiger partial charge in [-0.3, -0.25) is 9.59 Å². The number of para-hydroxylation sites is 1. The molecule has 7 nitrogen and oxygen atoms in total. The lowest BCUT2D eigenvalue weighted by molar-refractivity contribution is -0.122. The summed E-state index contributed by atoms with van der Waals surface area (Å²) in [6.07, 6.45) is 6.69. The lowest BCUT2D eigenvalue weighted by Crippen LogP contribution is -2.48. The quantitative estimate of drug-likeness (QED) is 0.259. The lowest BCUT2D eigenvalue weighted by atomic mass is 9.91. The average molecular weight is 459 g/mol. The van der Waals surface area contributed by atoms with Crippen LogP contribution >= 0.6 is 11.8 Å². The van der Waals surface area contributed by atoms with Gasteiger partial charge in [-0.05, 0) is 37.3 Å². The maximum absolute atomic E-state index is 13.3. The van der Waals surface area contributed by atoms with Gasteiger partial charge in [0.15, 0.2) is 0 Å². The van der Waals surface area contributed by atoms with E-state index in [-0.39, 0.29) is 23.6 Å². The summed E-state index contributed by atoms with van der Waals surface area (Å²) >= 11 is 1.43. The smallest absolute Gasteiger partial charge is 0.286 e. The largest absolute Gasteiger partial charge is 0.408 e. The molecule has 1 heterocycles. The number of carbonyl (C=O) groups excluding carboxylic acids is 2. The number of aromatic nitrogens is 2. The van der Waals surface area contributed by atoms with Crippen molar-refractivity contribution in [2.24, 2.45) is 5.92 Å². The maximum Gasteiger partial charge on any atom is 0.286 e. The minimum absolute atomic E-state index is 0.00257. The van der Waals surface area contributed by atoms with Gasteiger partial charge in [-0.1, -0.05) is 63.1 Å². The van der Waals surface area contributed by atoms with E-state index in [0.29, 0.717) is 11.6 Å². The van der Waals surface area contributed by atoms with Crippen LogP contribution in [0.3, 0.4) is 0 Å². The normalized spacial score (nSPS) is 15.5. The van der Waals surface area contributed by atoms with Crippen LogP contribution in [0.2, 0.25) is 0 Å². The number of hydrogen-bond donors (Lipinski definition) is 0. The molecule has 2 aromatic rings. The van der Waals surface area contributed by atoms with E-state index >= 15 is 0 Å². The van der Waals surface area contributed by atoms with Crippen molar-refractivity contribution < 1.29 is 14.0 Å². The molecule has 1 aromatic carbocycles. The van der Waals surface area contributed by atoms with E-state index in [2.05, 4.69) is 41.1 Å². The molecule has 1 unspecified atom stereocenters. The number of rotatable bonds is 12. The number of nitrogens with zero attached hydrogens (tertiary/aromatic N) is 4. The van der Waals surface area contributed by atoms with Crippen LogP contribution in [-0.4, -0.2) is 58.7 Å². The van der Waals surface area contributed by atoms with Gasteiger partial charge in [-0.15, -0.1) is 10.2 Å². The van der Waals surface area contributed by atoms with E-state index in [1.807, 2.05) is 25.2 Å². The summed E-state index contributed by atoms with van der Waals surface area (Å²) in [7, 11) is 2.04. The zero-order valence-corrected chi connectivity index (χ0v) is 20.1. The Hall–Kier alpha value is -2.35. The van der Waals surface area contributed by atoms with Gasteiger partial charge in [0.05, 0.1) is 0 Å². The van der Waals surface area contributed by atoms with E-state index < -0.39 is 6.04 Å². The Balaban J connectivity index is 1.62. The molecule has 1 aliphatic carbocycles. The fourth-order valence-electron chi connectivity index (χ4n) is 4.20. The number of hydrogen-bond acceptors (Lipinski definition) is 7. The van der Waals surface area contributed by atoms with Gasteiger partial charge in [0.1, 0.15) is 6.04 Å². The van der Waals surface area contributed by atoms with Gasteiger partial charge in [0.2, 0.25) is 12.2 Å². The molecule has 0 aliphatic heterocycles. The minimum Gasteiger partial charge on any atom is -0.408 e. The zero-order chi connectivity index (χ0) is 22.9. The third-order valence-electron chi connectivity index (χ3n) is 5.94. The van der Waals surface area contributed by atoms with Crippen LogP contribution in [0.4, 0.5) is 5.69 Å². The molecule has 174 valence electrons. The lowest BCUT2D eigenvalue weighted by Gasteiger charge is -2.36. The molecule has 1 aromatic heterocycles. The van der Waals surface area contributed by atoms with Crippen LogP contribution in [0.5, 0.6) is 0 Å². The van der Waals surface area contributed by atoms with Gasteiger partial charge >= 0.3 is 0 Å². The molecule has 0 radical (unpaired) electrons. The predicted molar refractivity (Wildman–Crippen MR) is 127 cm³/mol. The summed E-state index contributed by atoms with van der Waals surface area (Å²) in [6.45, 7) is 4.92. The molecule has 8 heteroatoms. The molecule has 1 atom stereocenters. The number of carbonyl (C=O) groups is 2. The van der Waals surface area contributed by atoms with E-state index in [1.165, 1.54) is 18.2 Å². The first-order valence-electron chi connectivity index (χ1n) is 11.5. The number of ketones is 1. The summed E-state index contributed by atoms with van der Waals surface area (Å²) in [5, 5.41) is 8.47. The average Bonchev–Trinajstić information content (AvgIpc) is 3.28. The van der Waals surface area contributed by atoms with Crippen LogP contribution in [0, 0.1) is 5.92 Å². The highest BCUT2D eigenvalue weighted by Crippen LogP contribution is 2.27. The fraction of sp³-hybridized carbons (Fsp3) is 0.583. The molecule has 0 bridgehead atoms. The monoisotopic (exact) mass is 458 g/mol. The number of Topliss-reactive ketones (excluding diaryl/α,β-unsaturated/α-hetero) is 1. The summed E-state index contributed by atoms with van der Waals surface area (Å²) in [5.41, 5.74) is 1.14. The van der Waals surface area contributed by atoms with Crippen LogP contribution in [0.25, 0.3) is 0 Å². The predicted octanol–water partition coefficient (Wildman–Crippen LogP) is 4.69. The van der Waals surface area contributed by atoms with Gasteiger partial charge in [-0.2, -0.15) is 0 Å². The van der Waals surface area contributed by atoms with Crippen molar-refractivity contribution in [3.63, 3.8) is 0 Å². The Morgan fingerprint density at radius 3 is 2.56 bits per heavy atom. The molecule has 0 N–H and O–H groups in total. The molecular formula is C24H34N4O3S. The topological polar surface area (TPSA) is 79.5 Å². The summed E-state index contributed by atoms with van der Waals surface area (Å²) in [5.74, 6) is 0.758. The summed E-state index contributed by atoms with van der Waals surface area (Å²) < 4.78 is 5.71. The first kappa shape index (κ1) is 24.3. The molecule has 3 rings (SSSR count). The number of thioether (sulfide) groups is 1. The second-order valence-electron chi connectivity index (χ2n) is 8.83. The Kier molecular flexibility index (Phi) is 9.14. The third-order valence-corrected chi connectivity index (χ3v) is 6.74. The zero-order valence-electron chi connectivity index (χ0n) is 19.3. The van der Waals surface area contributed by atoms with Crippen molar-refractivity contribution in [3.8, 4) is 0 Å². The Bertz CT molecular complexity index is 852. The Morgan fingerprint density at radius 1 is 1.19 bits per heavy atom.